The van der Waals surface area contributed by atoms with Crippen molar-refractivity contribution in [3.05, 3.63) is 108 Å². The zero-order valence-electron chi connectivity index (χ0n) is 18.1. The second kappa shape index (κ2) is 8.48. The zero-order chi connectivity index (χ0) is 23.7. The first-order valence-corrected chi connectivity index (χ1v) is 10.5. The second-order valence-corrected chi connectivity index (χ2v) is 7.56. The fourth-order valence-corrected chi connectivity index (χ4v) is 3.68. The maximum absolute atomic E-state index is 13.6. The van der Waals surface area contributed by atoms with Gasteiger partial charge < -0.3 is 5.32 Å². The summed E-state index contributed by atoms with van der Waals surface area (Å²) in [5.41, 5.74) is 5.06. The molecule has 0 spiro atoms. The number of amides is 2. The Balaban J connectivity index is 1.52. The molecular weight excluding hydrogens is 428 g/mol. The number of carbonyl (C=O) groups excluding carboxylic acids is 2. The fraction of sp³-hybridized carbons (Fsp3) is 0.0385. The minimum absolute atomic E-state index is 0.206. The van der Waals surface area contributed by atoms with Crippen molar-refractivity contribution in [3.63, 3.8) is 0 Å². The molecule has 0 unspecified atom stereocenters. The number of aromatic nitrogens is 3. The van der Waals surface area contributed by atoms with E-state index in [0.29, 0.717) is 22.5 Å². The Morgan fingerprint density at radius 3 is 2.50 bits per heavy atom. The third kappa shape index (κ3) is 3.61. The van der Waals surface area contributed by atoms with Crippen molar-refractivity contribution in [2.75, 3.05) is 11.9 Å². The Morgan fingerprint density at radius 1 is 1.09 bits per heavy atom. The number of hydrogen-bond donors (Lipinski definition) is 1. The average molecular weight is 446 g/mol. The molecule has 0 aliphatic heterocycles. The molecule has 0 fully saturated rings. The van der Waals surface area contributed by atoms with Gasteiger partial charge in [-0.15, -0.1) is 0 Å². The zero-order valence-corrected chi connectivity index (χ0v) is 18.1. The number of benzene rings is 1. The first kappa shape index (κ1) is 20.8. The molecule has 2 amide bonds. The summed E-state index contributed by atoms with van der Waals surface area (Å²) in [6, 6.07) is 15.9. The van der Waals surface area contributed by atoms with Crippen LogP contribution >= 0.6 is 0 Å². The summed E-state index contributed by atoms with van der Waals surface area (Å²) in [5, 5.41) is 16.0. The van der Waals surface area contributed by atoms with E-state index in [-0.39, 0.29) is 11.8 Å². The van der Waals surface area contributed by atoms with Crippen molar-refractivity contribution < 1.29 is 9.59 Å². The topological polar surface area (TPSA) is 103 Å². The molecule has 1 aromatic carbocycles. The number of pyridine rings is 2. The molecule has 1 N–H and O–H groups in total. The molecule has 0 saturated heterocycles. The van der Waals surface area contributed by atoms with Gasteiger partial charge in [0.05, 0.1) is 23.3 Å². The van der Waals surface area contributed by atoms with Crippen molar-refractivity contribution in [1.82, 2.24) is 19.9 Å². The monoisotopic (exact) mass is 446 g/mol. The van der Waals surface area contributed by atoms with Crippen LogP contribution in [0.4, 0.5) is 5.69 Å². The van der Waals surface area contributed by atoms with E-state index in [1.807, 2.05) is 18.2 Å². The number of nitrogens with one attached hydrogen (secondary N) is 1. The largest absolute Gasteiger partial charge is 0.354 e. The second-order valence-electron chi connectivity index (χ2n) is 7.56. The highest BCUT2D eigenvalue weighted by Crippen LogP contribution is 2.29. The Morgan fingerprint density at radius 2 is 1.88 bits per heavy atom. The van der Waals surface area contributed by atoms with E-state index < -0.39 is 0 Å². The van der Waals surface area contributed by atoms with Gasteiger partial charge >= 0.3 is 0 Å². The number of allylic oxidation sites excluding steroid dienone is 3. The fourth-order valence-electron chi connectivity index (χ4n) is 3.68. The van der Waals surface area contributed by atoms with Gasteiger partial charge in [0.15, 0.2) is 0 Å². The predicted octanol–water partition coefficient (Wildman–Crippen LogP) is 3.73. The van der Waals surface area contributed by atoms with E-state index >= 15 is 0 Å². The SMILES string of the molecule is CNC(=O)c1ccc(-c2cnn3ccc(C(=O)N(C4=CC=C4)c4ccc(C#N)cc4)cc23)cn1. The van der Waals surface area contributed by atoms with Gasteiger partial charge in [-0.3, -0.25) is 19.5 Å². The number of hydrogen-bond acceptors (Lipinski definition) is 5. The van der Waals surface area contributed by atoms with Crippen LogP contribution in [0.2, 0.25) is 0 Å². The van der Waals surface area contributed by atoms with E-state index in [0.717, 1.165) is 22.3 Å². The molecule has 3 aromatic heterocycles. The van der Waals surface area contributed by atoms with Crippen LogP contribution in [0, 0.1) is 11.3 Å². The van der Waals surface area contributed by atoms with Gasteiger partial charge in [-0.1, -0.05) is 12.1 Å². The van der Waals surface area contributed by atoms with Crippen LogP contribution in [0.3, 0.4) is 0 Å². The van der Waals surface area contributed by atoms with Gasteiger partial charge in [0.2, 0.25) is 0 Å². The maximum atomic E-state index is 13.6. The lowest BCUT2D eigenvalue weighted by Crippen LogP contribution is -2.30. The summed E-state index contributed by atoms with van der Waals surface area (Å²) in [6.07, 6.45) is 10.6. The van der Waals surface area contributed by atoms with E-state index in [2.05, 4.69) is 21.5 Å². The quantitative estimate of drug-likeness (QED) is 0.503. The molecule has 1 aliphatic rings. The molecule has 5 rings (SSSR count). The maximum Gasteiger partial charge on any atom is 0.269 e. The normalized spacial score (nSPS) is 11.9. The number of nitriles is 1. The van der Waals surface area contributed by atoms with Crippen molar-refractivity contribution in [2.24, 2.45) is 0 Å². The van der Waals surface area contributed by atoms with Crippen LogP contribution < -0.4 is 10.2 Å². The molecule has 0 saturated carbocycles. The van der Waals surface area contributed by atoms with Crippen molar-refractivity contribution >= 4 is 23.0 Å². The first-order valence-electron chi connectivity index (χ1n) is 10.5. The van der Waals surface area contributed by atoms with E-state index in [9.17, 15) is 9.59 Å². The van der Waals surface area contributed by atoms with Crippen molar-refractivity contribution in [2.45, 2.75) is 0 Å². The third-order valence-electron chi connectivity index (χ3n) is 5.55. The van der Waals surface area contributed by atoms with Crippen LogP contribution in [0.1, 0.15) is 26.4 Å². The lowest BCUT2D eigenvalue weighted by atomic mass is 10.1. The van der Waals surface area contributed by atoms with E-state index in [1.165, 1.54) is 0 Å². The Labute approximate surface area is 195 Å². The standard InChI is InChI=1S/C26H18N6O2/c1-28-25(33)23-10-7-19(15-29-23)22-16-30-31-12-11-18(13-24(22)31)26(34)32(20-3-2-4-20)21-8-5-17(14-27)6-9-21/h2-13,15-16H,1H3,(H,28,33). The number of nitrogens with zero attached hydrogens (tertiary/aromatic N) is 5. The Hall–Kier alpha value is -5.03. The predicted molar refractivity (Wildman–Crippen MR) is 127 cm³/mol. The smallest absolute Gasteiger partial charge is 0.269 e. The molecular formula is C26H18N6O2. The lowest BCUT2D eigenvalue weighted by Gasteiger charge is -2.26. The molecule has 0 radical (unpaired) electrons. The van der Waals surface area contributed by atoms with Crippen LogP contribution in [-0.2, 0) is 0 Å². The minimum atomic E-state index is -0.262. The third-order valence-corrected chi connectivity index (χ3v) is 5.55. The van der Waals surface area contributed by atoms with Crippen LogP contribution in [-0.4, -0.2) is 33.5 Å². The van der Waals surface area contributed by atoms with Gasteiger partial charge in [0, 0.05) is 47.5 Å². The molecule has 164 valence electrons. The molecule has 4 aromatic rings. The molecule has 1 aliphatic carbocycles. The van der Waals surface area contributed by atoms with Gasteiger partial charge in [-0.25, -0.2) is 4.52 Å². The summed E-state index contributed by atoms with van der Waals surface area (Å²) in [4.78, 5) is 31.2. The molecule has 8 nitrogen and oxygen atoms in total. The van der Waals surface area contributed by atoms with E-state index in [4.69, 9.17) is 5.26 Å². The van der Waals surface area contributed by atoms with Crippen LogP contribution in [0.15, 0.2) is 91.0 Å². The molecule has 3 heterocycles. The van der Waals surface area contributed by atoms with Gasteiger partial charge in [-0.05, 0) is 54.6 Å². The first-order chi connectivity index (χ1) is 16.6. The Bertz CT molecular complexity index is 1520. The molecule has 34 heavy (non-hydrogen) atoms. The number of fused-ring (bicyclic) bond motifs is 1. The highest BCUT2D eigenvalue weighted by Gasteiger charge is 2.23. The summed E-state index contributed by atoms with van der Waals surface area (Å²) in [5.74, 6) is -0.468. The highest BCUT2D eigenvalue weighted by atomic mass is 16.2. The summed E-state index contributed by atoms with van der Waals surface area (Å²) < 4.78 is 1.69. The van der Waals surface area contributed by atoms with Crippen LogP contribution in [0.5, 0.6) is 0 Å². The lowest BCUT2D eigenvalue weighted by molar-refractivity contribution is 0.0956. The van der Waals surface area contributed by atoms with Crippen LogP contribution in [0.25, 0.3) is 16.6 Å². The Kier molecular flexibility index (Phi) is 5.20. The van der Waals surface area contributed by atoms with E-state index in [1.54, 1.807) is 83.6 Å². The highest BCUT2D eigenvalue weighted by molar-refractivity contribution is 6.10. The average Bonchev–Trinajstić information content (AvgIpc) is 3.28. The summed E-state index contributed by atoms with van der Waals surface area (Å²) in [7, 11) is 1.55. The molecule has 8 heteroatoms. The summed E-state index contributed by atoms with van der Waals surface area (Å²) >= 11 is 0. The molecule has 0 bridgehead atoms. The molecule has 0 atom stereocenters. The number of rotatable bonds is 5. The minimum Gasteiger partial charge on any atom is -0.354 e. The number of anilines is 1. The van der Waals surface area contributed by atoms with Gasteiger partial charge in [0.25, 0.3) is 11.8 Å². The number of carbonyl (C=O) groups is 2. The van der Waals surface area contributed by atoms with Gasteiger partial charge in [-0.2, -0.15) is 10.4 Å². The van der Waals surface area contributed by atoms with Crippen molar-refractivity contribution in [1.29, 1.82) is 5.26 Å². The van der Waals surface area contributed by atoms with Crippen molar-refractivity contribution in [3.8, 4) is 17.2 Å². The van der Waals surface area contributed by atoms with Gasteiger partial charge in [0.1, 0.15) is 5.69 Å². The summed E-state index contributed by atoms with van der Waals surface area (Å²) in [6.45, 7) is 0.